The number of hydrogen-bond donors (Lipinski definition) is 2. The van der Waals surface area contributed by atoms with E-state index in [1.165, 1.54) is 43.6 Å². The second kappa shape index (κ2) is 7.93. The third kappa shape index (κ3) is 4.67. The van der Waals surface area contributed by atoms with E-state index in [1.807, 2.05) is 11.8 Å². The minimum absolute atomic E-state index is 0. The molecular formula is C13H27IN4S. The highest BCUT2D eigenvalue weighted by Gasteiger charge is 2.36. The SMILES string of the molecule is CN(C)C1(CN=C(N)NC2CCCC2)CCSC1.I. The Kier molecular flexibility index (Phi) is 7.24. The minimum atomic E-state index is 0. The zero-order valence-corrected chi connectivity index (χ0v) is 15.2. The summed E-state index contributed by atoms with van der Waals surface area (Å²) in [5.74, 6) is 3.05. The molecule has 0 aromatic rings. The van der Waals surface area contributed by atoms with E-state index in [0.29, 0.717) is 12.0 Å². The van der Waals surface area contributed by atoms with Crippen LogP contribution in [0.4, 0.5) is 0 Å². The van der Waals surface area contributed by atoms with Gasteiger partial charge in [0.15, 0.2) is 5.96 Å². The van der Waals surface area contributed by atoms with Crippen LogP contribution in [-0.2, 0) is 0 Å². The Morgan fingerprint density at radius 3 is 2.63 bits per heavy atom. The molecule has 3 N–H and O–H groups in total. The van der Waals surface area contributed by atoms with E-state index in [-0.39, 0.29) is 29.5 Å². The van der Waals surface area contributed by atoms with Crippen molar-refractivity contribution in [2.75, 3.05) is 32.1 Å². The molecule has 1 atom stereocenters. The van der Waals surface area contributed by atoms with Crippen LogP contribution in [0.5, 0.6) is 0 Å². The van der Waals surface area contributed by atoms with Crippen molar-refractivity contribution in [1.29, 1.82) is 0 Å². The van der Waals surface area contributed by atoms with Crippen LogP contribution in [0.2, 0.25) is 0 Å². The quantitative estimate of drug-likeness (QED) is 0.432. The smallest absolute Gasteiger partial charge is 0.188 e. The van der Waals surface area contributed by atoms with Gasteiger partial charge in [0.1, 0.15) is 0 Å². The first kappa shape index (κ1) is 17.4. The molecule has 2 aliphatic rings. The molecule has 6 heteroatoms. The average molecular weight is 398 g/mol. The highest BCUT2D eigenvalue weighted by atomic mass is 127. The van der Waals surface area contributed by atoms with Gasteiger partial charge in [-0.05, 0) is 39.1 Å². The van der Waals surface area contributed by atoms with E-state index in [4.69, 9.17) is 5.73 Å². The Hall–Kier alpha value is 0.310. The molecule has 4 nitrogen and oxygen atoms in total. The summed E-state index contributed by atoms with van der Waals surface area (Å²) in [7, 11) is 4.31. The van der Waals surface area contributed by atoms with Crippen molar-refractivity contribution in [3.8, 4) is 0 Å². The van der Waals surface area contributed by atoms with Crippen molar-refractivity contribution < 1.29 is 0 Å². The number of hydrogen-bond acceptors (Lipinski definition) is 3. The van der Waals surface area contributed by atoms with Gasteiger partial charge in [-0.2, -0.15) is 11.8 Å². The predicted octanol–water partition coefficient (Wildman–Crippen LogP) is 1.89. The van der Waals surface area contributed by atoms with Gasteiger partial charge in [0.05, 0.1) is 6.54 Å². The fourth-order valence-corrected chi connectivity index (χ4v) is 4.31. The summed E-state index contributed by atoms with van der Waals surface area (Å²) in [5, 5.41) is 3.36. The first-order valence-corrected chi connectivity index (χ1v) is 8.09. The summed E-state index contributed by atoms with van der Waals surface area (Å²) in [6.45, 7) is 0.818. The van der Waals surface area contributed by atoms with Crippen LogP contribution in [0.25, 0.3) is 0 Å². The molecule has 1 saturated carbocycles. The topological polar surface area (TPSA) is 53.6 Å². The van der Waals surface area contributed by atoms with Gasteiger partial charge in [0, 0.05) is 17.3 Å². The second-order valence-electron chi connectivity index (χ2n) is 5.75. The molecule has 0 spiro atoms. The van der Waals surface area contributed by atoms with E-state index in [1.54, 1.807) is 0 Å². The van der Waals surface area contributed by atoms with Crippen LogP contribution >= 0.6 is 35.7 Å². The van der Waals surface area contributed by atoms with Crippen molar-refractivity contribution in [2.45, 2.75) is 43.7 Å². The van der Waals surface area contributed by atoms with E-state index in [9.17, 15) is 0 Å². The molecule has 0 aromatic heterocycles. The molecule has 1 aliphatic heterocycles. The van der Waals surface area contributed by atoms with Crippen molar-refractivity contribution in [2.24, 2.45) is 10.7 Å². The maximum atomic E-state index is 6.00. The van der Waals surface area contributed by atoms with Gasteiger partial charge in [-0.1, -0.05) is 12.8 Å². The van der Waals surface area contributed by atoms with Crippen molar-refractivity contribution in [1.82, 2.24) is 10.2 Å². The van der Waals surface area contributed by atoms with Gasteiger partial charge in [0.2, 0.25) is 0 Å². The lowest BCUT2D eigenvalue weighted by Gasteiger charge is -2.34. The molecule has 19 heavy (non-hydrogen) atoms. The summed E-state index contributed by atoms with van der Waals surface area (Å²) in [5.41, 5.74) is 6.22. The molecule has 2 fully saturated rings. The van der Waals surface area contributed by atoms with Crippen LogP contribution in [0.15, 0.2) is 4.99 Å². The molecule has 0 amide bonds. The maximum absolute atomic E-state index is 6.00. The maximum Gasteiger partial charge on any atom is 0.188 e. The van der Waals surface area contributed by atoms with Crippen LogP contribution in [0.3, 0.4) is 0 Å². The molecule has 0 bridgehead atoms. The van der Waals surface area contributed by atoms with Crippen molar-refractivity contribution in [3.05, 3.63) is 0 Å². The number of halogens is 1. The first-order chi connectivity index (χ1) is 8.62. The van der Waals surface area contributed by atoms with Crippen LogP contribution in [-0.4, -0.2) is 54.6 Å². The number of likely N-dealkylation sites (N-methyl/N-ethyl adjacent to an activating group) is 1. The molecule has 0 radical (unpaired) electrons. The van der Waals surface area contributed by atoms with Crippen LogP contribution in [0.1, 0.15) is 32.1 Å². The Labute approximate surface area is 138 Å². The highest BCUT2D eigenvalue weighted by molar-refractivity contribution is 14.0. The van der Waals surface area contributed by atoms with Gasteiger partial charge in [-0.15, -0.1) is 24.0 Å². The van der Waals surface area contributed by atoms with E-state index in [0.717, 1.165) is 6.54 Å². The number of nitrogens with zero attached hydrogens (tertiary/aromatic N) is 2. The lowest BCUT2D eigenvalue weighted by molar-refractivity contribution is 0.190. The zero-order chi connectivity index (χ0) is 13.0. The Morgan fingerprint density at radius 2 is 2.11 bits per heavy atom. The molecule has 112 valence electrons. The summed E-state index contributed by atoms with van der Waals surface area (Å²) in [4.78, 5) is 6.91. The molecule has 1 heterocycles. The summed E-state index contributed by atoms with van der Waals surface area (Å²) >= 11 is 2.02. The van der Waals surface area contributed by atoms with Gasteiger partial charge < -0.3 is 16.0 Å². The monoisotopic (exact) mass is 398 g/mol. The first-order valence-electron chi connectivity index (χ1n) is 6.94. The Bertz CT molecular complexity index is 297. The van der Waals surface area contributed by atoms with Crippen molar-refractivity contribution in [3.63, 3.8) is 0 Å². The van der Waals surface area contributed by atoms with Gasteiger partial charge in [-0.3, -0.25) is 4.99 Å². The number of guanidine groups is 1. The average Bonchev–Trinajstić information content (AvgIpc) is 2.97. The van der Waals surface area contributed by atoms with Crippen molar-refractivity contribution >= 4 is 41.7 Å². The van der Waals surface area contributed by atoms with E-state index >= 15 is 0 Å². The summed E-state index contributed by atoms with van der Waals surface area (Å²) < 4.78 is 0. The fraction of sp³-hybridized carbons (Fsp3) is 0.923. The van der Waals surface area contributed by atoms with Crippen LogP contribution < -0.4 is 11.1 Å². The molecule has 1 saturated heterocycles. The third-order valence-corrected chi connectivity index (χ3v) is 5.52. The fourth-order valence-electron chi connectivity index (χ4n) is 2.77. The molecular weight excluding hydrogens is 371 g/mol. The zero-order valence-electron chi connectivity index (χ0n) is 12.0. The van der Waals surface area contributed by atoms with Crippen LogP contribution in [0, 0.1) is 0 Å². The van der Waals surface area contributed by atoms with E-state index < -0.39 is 0 Å². The van der Waals surface area contributed by atoms with Gasteiger partial charge >= 0.3 is 0 Å². The van der Waals surface area contributed by atoms with Gasteiger partial charge in [0.25, 0.3) is 0 Å². The minimum Gasteiger partial charge on any atom is -0.370 e. The lowest BCUT2D eigenvalue weighted by Crippen LogP contribution is -2.48. The Morgan fingerprint density at radius 1 is 1.42 bits per heavy atom. The number of nitrogens with two attached hydrogens (primary N) is 1. The molecule has 1 unspecified atom stereocenters. The van der Waals surface area contributed by atoms with E-state index in [2.05, 4.69) is 29.3 Å². The highest BCUT2D eigenvalue weighted by Crippen LogP contribution is 2.32. The third-order valence-electron chi connectivity index (χ3n) is 4.28. The number of aliphatic imine (C=N–C) groups is 1. The largest absolute Gasteiger partial charge is 0.370 e. The second-order valence-corrected chi connectivity index (χ2v) is 6.85. The lowest BCUT2D eigenvalue weighted by atomic mass is 9.98. The standard InChI is InChI=1S/C13H26N4S.HI/c1-17(2)13(7-8-18-10-13)9-15-12(14)16-11-5-3-4-6-11;/h11H,3-10H2,1-2H3,(H3,14,15,16);1H. The Balaban J connectivity index is 0.00000180. The molecule has 0 aromatic carbocycles. The summed E-state index contributed by atoms with van der Waals surface area (Å²) in [6, 6.07) is 0.557. The summed E-state index contributed by atoms with van der Waals surface area (Å²) in [6.07, 6.45) is 6.34. The molecule has 1 aliphatic carbocycles. The predicted molar refractivity (Wildman–Crippen MR) is 95.7 cm³/mol. The number of rotatable bonds is 4. The number of thioether (sulfide) groups is 1. The number of nitrogens with one attached hydrogen (secondary N) is 1. The molecule has 2 rings (SSSR count). The van der Waals surface area contributed by atoms with Gasteiger partial charge in [-0.25, -0.2) is 0 Å². The normalized spacial score (nSPS) is 28.7.